The van der Waals surface area contributed by atoms with Crippen LogP contribution in [0, 0.1) is 33.7 Å². The summed E-state index contributed by atoms with van der Waals surface area (Å²) in [6.45, 7) is 0. The predicted octanol–water partition coefficient (Wildman–Crippen LogP) is -3.23. The molecule has 0 aromatic heterocycles. The quantitative estimate of drug-likeness (QED) is 0.361. The summed E-state index contributed by atoms with van der Waals surface area (Å²) in [5.74, 6) is 4.45. The second-order valence-corrected chi connectivity index (χ2v) is 1.41. The van der Waals surface area contributed by atoms with Gasteiger partial charge in [-0.1, -0.05) is 17.9 Å². The predicted molar refractivity (Wildman–Crippen MR) is 29.6 cm³/mol. The van der Waals surface area contributed by atoms with Crippen molar-refractivity contribution in [1.82, 2.24) is 0 Å². The number of hydrogen-bond acceptors (Lipinski definition) is 4. The standard InChI is InChI=1S/C4H3BN3O.Na/c1-9-5(2-6,3-7)4-8;/h1H3;/q-1;+1. The molecule has 0 saturated carbocycles. The van der Waals surface area contributed by atoms with Crippen LogP contribution in [-0.4, -0.2) is 13.5 Å². The molecule has 0 aliphatic heterocycles. The number of hydrogen-bond donors (Lipinski definition) is 0. The zero-order valence-corrected chi connectivity index (χ0v) is 7.83. The maximum absolute atomic E-state index is 8.18. The summed E-state index contributed by atoms with van der Waals surface area (Å²) in [5, 5.41) is 24.6. The van der Waals surface area contributed by atoms with Crippen LogP contribution in [0.25, 0.3) is 0 Å². The van der Waals surface area contributed by atoms with Crippen LogP contribution in [0.4, 0.5) is 0 Å². The van der Waals surface area contributed by atoms with Gasteiger partial charge in [0, 0.05) is 0 Å². The van der Waals surface area contributed by atoms with E-state index in [1.54, 1.807) is 0 Å². The molecule has 0 N–H and O–H groups in total. The first-order valence-electron chi connectivity index (χ1n) is 2.18. The van der Waals surface area contributed by atoms with Gasteiger partial charge in [0.1, 0.15) is 0 Å². The molecule has 0 saturated heterocycles. The number of nitriles is 3. The van der Waals surface area contributed by atoms with Crippen molar-refractivity contribution < 1.29 is 34.2 Å². The van der Waals surface area contributed by atoms with Gasteiger partial charge in [-0.3, -0.25) is 0 Å². The minimum Gasteiger partial charge on any atom is -0.559 e. The van der Waals surface area contributed by atoms with E-state index < -0.39 is 6.35 Å². The van der Waals surface area contributed by atoms with Crippen molar-refractivity contribution in [3.63, 3.8) is 0 Å². The van der Waals surface area contributed by atoms with Crippen LogP contribution in [0.1, 0.15) is 0 Å². The summed E-state index contributed by atoms with van der Waals surface area (Å²) < 4.78 is 4.36. The zero-order chi connectivity index (χ0) is 7.33. The number of rotatable bonds is 1. The van der Waals surface area contributed by atoms with Gasteiger partial charge in [-0.15, -0.1) is 0 Å². The molecule has 0 radical (unpaired) electrons. The molecule has 4 nitrogen and oxygen atoms in total. The molecule has 0 spiro atoms. The third-order valence-electron chi connectivity index (χ3n) is 0.899. The van der Waals surface area contributed by atoms with Gasteiger partial charge in [-0.25, -0.2) is 15.8 Å². The van der Waals surface area contributed by atoms with Gasteiger partial charge in [0.25, 0.3) is 0 Å². The van der Waals surface area contributed by atoms with Crippen molar-refractivity contribution in [2.45, 2.75) is 0 Å². The molecule has 6 heteroatoms. The van der Waals surface area contributed by atoms with Gasteiger partial charge in [-0.2, -0.15) is 0 Å². The first-order chi connectivity index (χ1) is 4.24. The smallest absolute Gasteiger partial charge is 0.559 e. The largest absolute Gasteiger partial charge is 1.00 e. The fourth-order valence-electron chi connectivity index (χ4n) is 0.245. The van der Waals surface area contributed by atoms with E-state index in [1.165, 1.54) is 17.9 Å². The Balaban J connectivity index is 0. The normalized spacial score (nSPS) is 7.80. The van der Waals surface area contributed by atoms with E-state index in [-0.39, 0.29) is 29.6 Å². The van der Waals surface area contributed by atoms with E-state index in [9.17, 15) is 0 Å². The minimum atomic E-state index is -2.53. The molecule has 0 aliphatic carbocycles. The first kappa shape index (κ1) is 12.2. The molecule has 44 valence electrons. The Kier molecular flexibility index (Phi) is 6.46. The summed E-state index contributed by atoms with van der Waals surface area (Å²) >= 11 is 0. The van der Waals surface area contributed by atoms with Crippen LogP contribution >= 0.6 is 0 Å². The van der Waals surface area contributed by atoms with Crippen LogP contribution < -0.4 is 29.6 Å². The first-order valence-corrected chi connectivity index (χ1v) is 2.18. The molecule has 0 rings (SSSR count). The molecule has 0 aromatic rings. The fraction of sp³-hybridized carbons (Fsp3) is 0.250. The molecule has 0 aromatic carbocycles. The molecule has 0 heterocycles. The topological polar surface area (TPSA) is 80.6 Å². The summed E-state index contributed by atoms with van der Waals surface area (Å²) in [6.07, 6.45) is -2.53. The Morgan fingerprint density at radius 3 is 1.40 bits per heavy atom. The fourth-order valence-corrected chi connectivity index (χ4v) is 0.245. The van der Waals surface area contributed by atoms with E-state index in [0.29, 0.717) is 0 Å². The van der Waals surface area contributed by atoms with Crippen molar-refractivity contribution in [3.05, 3.63) is 0 Å². The Hall–Kier alpha value is -0.505. The van der Waals surface area contributed by atoms with Crippen LogP contribution in [0.15, 0.2) is 0 Å². The Labute approximate surface area is 81.2 Å². The van der Waals surface area contributed by atoms with Crippen LogP contribution in [-0.2, 0) is 4.65 Å². The average molecular weight is 143 g/mol. The summed E-state index contributed by atoms with van der Waals surface area (Å²) in [4.78, 5) is 0. The maximum Gasteiger partial charge on any atom is 1.00 e. The van der Waals surface area contributed by atoms with Gasteiger partial charge in [0.15, 0.2) is 0 Å². The van der Waals surface area contributed by atoms with Crippen LogP contribution in [0.5, 0.6) is 0 Å². The van der Waals surface area contributed by atoms with Crippen molar-refractivity contribution >= 4 is 6.35 Å². The molecule has 10 heavy (non-hydrogen) atoms. The monoisotopic (exact) mass is 143 g/mol. The summed E-state index contributed by atoms with van der Waals surface area (Å²) in [7, 11) is 1.16. The van der Waals surface area contributed by atoms with E-state index >= 15 is 0 Å². The molecule has 0 bridgehead atoms. The molecule has 0 atom stereocenters. The maximum atomic E-state index is 8.18. The molecular formula is C4H3BN3NaO. The van der Waals surface area contributed by atoms with Gasteiger partial charge >= 0.3 is 35.9 Å². The second-order valence-electron chi connectivity index (χ2n) is 1.41. The summed E-state index contributed by atoms with van der Waals surface area (Å²) in [5.41, 5.74) is 0. The second kappa shape index (κ2) is 5.29. The molecule has 0 unspecified atom stereocenters. The van der Waals surface area contributed by atoms with Crippen molar-refractivity contribution in [1.29, 1.82) is 15.8 Å². The van der Waals surface area contributed by atoms with E-state index in [1.807, 2.05) is 0 Å². The summed E-state index contributed by atoms with van der Waals surface area (Å²) in [6, 6.07) is 0. The zero-order valence-electron chi connectivity index (χ0n) is 5.83. The molecule has 0 amide bonds. The van der Waals surface area contributed by atoms with Gasteiger partial charge in [0.05, 0.1) is 0 Å². The Bertz CT molecular complexity index is 186. The SMILES string of the molecule is CO[B-](C#N)(C#N)C#N.[Na+]. The van der Waals surface area contributed by atoms with E-state index in [4.69, 9.17) is 15.8 Å². The van der Waals surface area contributed by atoms with E-state index in [2.05, 4.69) is 4.65 Å². The van der Waals surface area contributed by atoms with Gasteiger partial charge < -0.3 is 4.65 Å². The van der Waals surface area contributed by atoms with Crippen molar-refractivity contribution in [2.75, 3.05) is 7.11 Å². The van der Waals surface area contributed by atoms with Gasteiger partial charge in [0.2, 0.25) is 0 Å². The molecule has 0 aliphatic rings. The Morgan fingerprint density at radius 1 is 1.10 bits per heavy atom. The minimum absolute atomic E-state index is 0. The number of nitrogens with zero attached hydrogens (tertiary/aromatic N) is 3. The van der Waals surface area contributed by atoms with Crippen LogP contribution in [0.3, 0.4) is 0 Å². The molecular weight excluding hydrogens is 140 g/mol. The molecule has 0 fully saturated rings. The van der Waals surface area contributed by atoms with E-state index in [0.717, 1.165) is 7.11 Å². The average Bonchev–Trinajstić information content (AvgIpc) is 1.95. The third kappa shape index (κ3) is 2.39. The van der Waals surface area contributed by atoms with Crippen molar-refractivity contribution in [2.24, 2.45) is 0 Å². The van der Waals surface area contributed by atoms with Crippen LogP contribution in [0.2, 0.25) is 0 Å². The van der Waals surface area contributed by atoms with Crippen molar-refractivity contribution in [3.8, 4) is 17.9 Å². The third-order valence-corrected chi connectivity index (χ3v) is 0.899. The van der Waals surface area contributed by atoms with Gasteiger partial charge in [-0.05, 0) is 7.11 Å². The Morgan fingerprint density at radius 2 is 1.40 bits per heavy atom.